The van der Waals surface area contributed by atoms with E-state index in [0.29, 0.717) is 16.3 Å². The zero-order valence-electron chi connectivity index (χ0n) is 16.8. The first kappa shape index (κ1) is 21.2. The molecule has 31 heavy (non-hydrogen) atoms. The highest BCUT2D eigenvalue weighted by atomic mass is 127. The number of nitrogens with one attached hydrogen (secondary N) is 2. The molecule has 9 heteroatoms. The standard InChI is InChI=1S/C22H17FIN3O4/c1-22(2,3)20(29)31-11-8-10-6-4-5-7-12(10)13(9-11)16-15(23)17-14(18(24)25-16)19(28)27-21(30)26-17/h4-9H,1-3H3,(H2,26,27,28,30). The third-order valence-corrected chi connectivity index (χ3v) is 5.48. The Labute approximate surface area is 188 Å². The van der Waals surface area contributed by atoms with Crippen LogP contribution < -0.4 is 16.0 Å². The summed E-state index contributed by atoms with van der Waals surface area (Å²) in [4.78, 5) is 45.0. The van der Waals surface area contributed by atoms with Crippen LogP contribution in [-0.4, -0.2) is 20.9 Å². The van der Waals surface area contributed by atoms with E-state index in [0.717, 1.165) is 0 Å². The molecule has 0 radical (unpaired) electrons. The van der Waals surface area contributed by atoms with Crippen LogP contribution in [0, 0.1) is 14.9 Å². The minimum absolute atomic E-state index is 0.0407. The number of hydrogen-bond acceptors (Lipinski definition) is 5. The maximum absolute atomic E-state index is 15.5. The van der Waals surface area contributed by atoms with Gasteiger partial charge in [0.25, 0.3) is 5.56 Å². The van der Waals surface area contributed by atoms with Crippen LogP contribution in [0.15, 0.2) is 46.0 Å². The molecule has 2 N–H and O–H groups in total. The molecule has 158 valence electrons. The molecule has 2 heterocycles. The van der Waals surface area contributed by atoms with E-state index in [9.17, 15) is 14.4 Å². The van der Waals surface area contributed by atoms with Crippen LogP contribution in [0.3, 0.4) is 0 Å². The Morgan fingerprint density at radius 2 is 1.84 bits per heavy atom. The molecule has 0 bridgehead atoms. The van der Waals surface area contributed by atoms with Gasteiger partial charge in [-0.25, -0.2) is 14.2 Å². The SMILES string of the molecule is CC(C)(C)C(=O)Oc1cc(-c2nc(I)c3c(=O)[nH]c(=O)[nH]c3c2F)c2ccccc2c1. The molecular weight excluding hydrogens is 516 g/mol. The number of benzene rings is 2. The fraction of sp³-hybridized carbons (Fsp3) is 0.182. The Morgan fingerprint density at radius 3 is 2.55 bits per heavy atom. The minimum Gasteiger partial charge on any atom is -0.426 e. The number of hydrogen-bond donors (Lipinski definition) is 2. The number of aromatic nitrogens is 3. The van der Waals surface area contributed by atoms with Crippen LogP contribution >= 0.6 is 22.6 Å². The number of halogens is 2. The van der Waals surface area contributed by atoms with E-state index in [1.165, 1.54) is 6.07 Å². The van der Waals surface area contributed by atoms with E-state index in [2.05, 4.69) is 15.0 Å². The summed E-state index contributed by atoms with van der Waals surface area (Å²) in [6.07, 6.45) is 0. The molecule has 0 aliphatic rings. The van der Waals surface area contributed by atoms with E-state index in [1.807, 2.05) is 34.7 Å². The van der Waals surface area contributed by atoms with Gasteiger partial charge in [0.2, 0.25) is 0 Å². The maximum Gasteiger partial charge on any atom is 0.326 e. The molecule has 0 saturated heterocycles. The van der Waals surface area contributed by atoms with Crippen molar-refractivity contribution in [3.05, 3.63) is 66.8 Å². The summed E-state index contributed by atoms with van der Waals surface area (Å²) >= 11 is 1.82. The van der Waals surface area contributed by atoms with E-state index >= 15 is 4.39 Å². The second kappa shape index (κ2) is 7.56. The van der Waals surface area contributed by atoms with Gasteiger partial charge in [-0.3, -0.25) is 14.6 Å². The summed E-state index contributed by atoms with van der Waals surface area (Å²) in [7, 11) is 0. The molecule has 0 aliphatic heterocycles. The lowest BCUT2D eigenvalue weighted by Gasteiger charge is -2.18. The number of esters is 1. The van der Waals surface area contributed by atoms with Gasteiger partial charge in [-0.15, -0.1) is 0 Å². The Hall–Kier alpha value is -3.08. The Kier molecular flexibility index (Phi) is 5.16. The second-order valence-corrected chi connectivity index (χ2v) is 9.08. The highest BCUT2D eigenvalue weighted by Gasteiger charge is 2.25. The van der Waals surface area contributed by atoms with Crippen molar-refractivity contribution in [2.45, 2.75) is 20.8 Å². The van der Waals surface area contributed by atoms with Gasteiger partial charge < -0.3 is 9.72 Å². The maximum atomic E-state index is 15.5. The quantitative estimate of drug-likeness (QED) is 0.175. The smallest absolute Gasteiger partial charge is 0.326 e. The van der Waals surface area contributed by atoms with Gasteiger partial charge in [0.1, 0.15) is 15.1 Å². The highest BCUT2D eigenvalue weighted by molar-refractivity contribution is 14.1. The number of fused-ring (bicyclic) bond motifs is 2. The van der Waals surface area contributed by atoms with E-state index in [4.69, 9.17) is 4.74 Å². The number of aromatic amines is 2. The lowest BCUT2D eigenvalue weighted by Crippen LogP contribution is -2.25. The van der Waals surface area contributed by atoms with Gasteiger partial charge in [0, 0.05) is 5.56 Å². The zero-order chi connectivity index (χ0) is 22.5. The van der Waals surface area contributed by atoms with Crippen molar-refractivity contribution in [2.24, 2.45) is 5.41 Å². The summed E-state index contributed by atoms with van der Waals surface area (Å²) in [6.45, 7) is 5.20. The number of carbonyl (C=O) groups excluding carboxylic acids is 1. The van der Waals surface area contributed by atoms with Crippen molar-refractivity contribution in [1.29, 1.82) is 0 Å². The first-order valence-corrected chi connectivity index (χ1v) is 10.4. The van der Waals surface area contributed by atoms with E-state index < -0.39 is 28.5 Å². The molecule has 0 amide bonds. The molecule has 0 aliphatic carbocycles. The lowest BCUT2D eigenvalue weighted by molar-refractivity contribution is -0.142. The van der Waals surface area contributed by atoms with Crippen LogP contribution in [0.1, 0.15) is 20.8 Å². The molecule has 4 aromatic rings. The van der Waals surface area contributed by atoms with Gasteiger partial charge in [0.05, 0.1) is 16.3 Å². The molecule has 2 aromatic heterocycles. The molecular formula is C22H17FIN3O4. The Balaban J connectivity index is 2.03. The van der Waals surface area contributed by atoms with Crippen molar-refractivity contribution in [1.82, 2.24) is 15.0 Å². The predicted octanol–water partition coefficient (Wildman–Crippen LogP) is 4.13. The number of rotatable bonds is 2. The monoisotopic (exact) mass is 533 g/mol. The molecule has 0 spiro atoms. The summed E-state index contributed by atoms with van der Waals surface area (Å²) in [5, 5.41) is 1.35. The third-order valence-electron chi connectivity index (χ3n) is 4.70. The van der Waals surface area contributed by atoms with E-state index in [1.54, 1.807) is 39.0 Å². The first-order valence-electron chi connectivity index (χ1n) is 9.33. The van der Waals surface area contributed by atoms with Crippen LogP contribution in [0.2, 0.25) is 0 Å². The topological polar surface area (TPSA) is 105 Å². The Morgan fingerprint density at radius 1 is 1.13 bits per heavy atom. The van der Waals surface area contributed by atoms with Gasteiger partial charge >= 0.3 is 11.7 Å². The minimum atomic E-state index is -0.844. The average Bonchev–Trinajstić information content (AvgIpc) is 2.68. The average molecular weight is 533 g/mol. The summed E-state index contributed by atoms with van der Waals surface area (Å²) in [5.74, 6) is -1.04. The van der Waals surface area contributed by atoms with Crippen molar-refractivity contribution < 1.29 is 13.9 Å². The van der Waals surface area contributed by atoms with Gasteiger partial charge in [0.15, 0.2) is 5.82 Å². The van der Waals surface area contributed by atoms with Crippen molar-refractivity contribution in [3.8, 4) is 17.0 Å². The van der Waals surface area contributed by atoms with Gasteiger partial charge in [-0.1, -0.05) is 24.3 Å². The molecule has 0 fully saturated rings. The second-order valence-electron chi connectivity index (χ2n) is 8.05. The van der Waals surface area contributed by atoms with Crippen LogP contribution in [-0.2, 0) is 4.79 Å². The van der Waals surface area contributed by atoms with Crippen LogP contribution in [0.5, 0.6) is 5.75 Å². The fourth-order valence-electron chi connectivity index (χ4n) is 3.15. The summed E-state index contributed by atoms with van der Waals surface area (Å²) < 4.78 is 21.3. The largest absolute Gasteiger partial charge is 0.426 e. The normalized spacial score (nSPS) is 11.8. The molecule has 4 rings (SSSR count). The van der Waals surface area contributed by atoms with Crippen LogP contribution in [0.25, 0.3) is 32.9 Å². The van der Waals surface area contributed by atoms with Crippen molar-refractivity contribution in [3.63, 3.8) is 0 Å². The number of nitrogens with zero attached hydrogens (tertiary/aromatic N) is 1. The first-order chi connectivity index (χ1) is 14.6. The highest BCUT2D eigenvalue weighted by Crippen LogP contribution is 2.36. The summed E-state index contributed by atoms with van der Waals surface area (Å²) in [6, 6.07) is 10.4. The predicted molar refractivity (Wildman–Crippen MR) is 124 cm³/mol. The number of H-pyrrole nitrogens is 2. The molecule has 7 nitrogen and oxygen atoms in total. The van der Waals surface area contributed by atoms with Gasteiger partial charge in [-0.2, -0.15) is 0 Å². The zero-order valence-corrected chi connectivity index (χ0v) is 19.0. The summed E-state index contributed by atoms with van der Waals surface area (Å²) in [5.41, 5.74) is -2.20. The fourth-order valence-corrected chi connectivity index (χ4v) is 3.90. The van der Waals surface area contributed by atoms with Crippen molar-refractivity contribution in [2.75, 3.05) is 0 Å². The number of ether oxygens (including phenoxy) is 1. The molecule has 2 aromatic carbocycles. The number of pyridine rings is 1. The third kappa shape index (κ3) is 3.85. The number of carbonyl (C=O) groups is 1. The van der Waals surface area contributed by atoms with Gasteiger partial charge in [-0.05, 0) is 66.3 Å². The lowest BCUT2D eigenvalue weighted by atomic mass is 9.97. The van der Waals surface area contributed by atoms with Crippen LogP contribution in [0.4, 0.5) is 4.39 Å². The van der Waals surface area contributed by atoms with Crippen molar-refractivity contribution >= 4 is 50.2 Å². The molecule has 0 atom stereocenters. The molecule has 0 saturated carbocycles. The Bertz CT molecular complexity index is 1480. The molecule has 0 unspecified atom stereocenters. The van der Waals surface area contributed by atoms with E-state index in [-0.39, 0.29) is 26.0 Å².